The summed E-state index contributed by atoms with van der Waals surface area (Å²) in [7, 11) is 0. The summed E-state index contributed by atoms with van der Waals surface area (Å²) in [6.07, 6.45) is 0.250. The predicted molar refractivity (Wildman–Crippen MR) is 91.3 cm³/mol. The Labute approximate surface area is 141 Å². The van der Waals surface area contributed by atoms with Gasteiger partial charge in [-0.3, -0.25) is 9.59 Å². The summed E-state index contributed by atoms with van der Waals surface area (Å²) >= 11 is 5.88. The van der Waals surface area contributed by atoms with Gasteiger partial charge >= 0.3 is 5.97 Å². The molecule has 0 saturated heterocycles. The van der Waals surface area contributed by atoms with E-state index < -0.39 is 0 Å². The average Bonchev–Trinajstić information content (AvgIpc) is 2.54. The second-order valence-electron chi connectivity index (χ2n) is 5.54. The van der Waals surface area contributed by atoms with Gasteiger partial charge in [0, 0.05) is 17.0 Å². The second-order valence-corrected chi connectivity index (χ2v) is 5.98. The molecule has 2 rings (SSSR count). The highest BCUT2D eigenvalue weighted by atomic mass is 35.5. The molecule has 0 heterocycles. The third-order valence-corrected chi connectivity index (χ3v) is 3.78. The predicted octanol–water partition coefficient (Wildman–Crippen LogP) is 5.01. The Hall–Kier alpha value is -2.13. The fourth-order valence-corrected chi connectivity index (χ4v) is 2.42. The van der Waals surface area contributed by atoms with Crippen LogP contribution >= 0.6 is 11.6 Å². The molecule has 0 fully saturated rings. The molecule has 23 heavy (non-hydrogen) atoms. The molecule has 0 radical (unpaired) electrons. The Morgan fingerprint density at radius 1 is 1.09 bits per heavy atom. The van der Waals surface area contributed by atoms with Crippen molar-refractivity contribution in [3.8, 4) is 5.75 Å². The molecule has 0 bridgehead atoms. The summed E-state index contributed by atoms with van der Waals surface area (Å²) in [6.45, 7) is 5.72. The maximum Gasteiger partial charge on any atom is 0.310 e. The van der Waals surface area contributed by atoms with Crippen LogP contribution in [0.5, 0.6) is 5.75 Å². The van der Waals surface area contributed by atoms with Gasteiger partial charge in [0.05, 0.1) is 5.56 Å². The van der Waals surface area contributed by atoms with Gasteiger partial charge in [-0.2, -0.15) is 0 Å². The minimum Gasteiger partial charge on any atom is -0.426 e. The molecule has 0 atom stereocenters. The van der Waals surface area contributed by atoms with Gasteiger partial charge in [-0.1, -0.05) is 44.5 Å². The molecule has 0 aliphatic rings. The number of hydrogen-bond acceptors (Lipinski definition) is 3. The quantitative estimate of drug-likeness (QED) is 0.439. The van der Waals surface area contributed by atoms with Gasteiger partial charge in [-0.25, -0.2) is 0 Å². The van der Waals surface area contributed by atoms with Crippen molar-refractivity contribution in [2.24, 2.45) is 0 Å². The Morgan fingerprint density at radius 2 is 1.74 bits per heavy atom. The van der Waals surface area contributed by atoms with Gasteiger partial charge < -0.3 is 4.74 Å². The van der Waals surface area contributed by atoms with E-state index in [1.165, 1.54) is 0 Å². The highest BCUT2D eigenvalue weighted by Crippen LogP contribution is 2.31. The van der Waals surface area contributed by atoms with E-state index in [2.05, 4.69) is 0 Å². The molecule has 2 aromatic carbocycles. The van der Waals surface area contributed by atoms with Crippen molar-refractivity contribution in [3.63, 3.8) is 0 Å². The van der Waals surface area contributed by atoms with E-state index >= 15 is 0 Å². The monoisotopic (exact) mass is 330 g/mol. The van der Waals surface area contributed by atoms with Gasteiger partial charge in [-0.05, 0) is 41.8 Å². The third-order valence-electron chi connectivity index (χ3n) is 3.53. The van der Waals surface area contributed by atoms with E-state index in [1.54, 1.807) is 43.3 Å². The number of ketones is 1. The third kappa shape index (κ3) is 3.99. The van der Waals surface area contributed by atoms with Crippen molar-refractivity contribution in [1.82, 2.24) is 0 Å². The molecule has 2 aromatic rings. The second kappa shape index (κ2) is 7.42. The largest absolute Gasteiger partial charge is 0.426 e. The van der Waals surface area contributed by atoms with Crippen molar-refractivity contribution < 1.29 is 14.3 Å². The first-order chi connectivity index (χ1) is 10.9. The molecular formula is C19H19ClO3. The van der Waals surface area contributed by atoms with E-state index in [9.17, 15) is 9.59 Å². The number of hydrogen-bond donors (Lipinski definition) is 0. The summed E-state index contributed by atoms with van der Waals surface area (Å²) < 4.78 is 5.37. The fourth-order valence-electron chi connectivity index (χ4n) is 2.30. The molecule has 0 aromatic heterocycles. The smallest absolute Gasteiger partial charge is 0.310 e. The lowest BCUT2D eigenvalue weighted by molar-refractivity contribution is -0.134. The van der Waals surface area contributed by atoms with Crippen LogP contribution in [0.25, 0.3) is 0 Å². The lowest BCUT2D eigenvalue weighted by Crippen LogP contribution is -2.13. The number of benzene rings is 2. The van der Waals surface area contributed by atoms with E-state index in [-0.39, 0.29) is 24.1 Å². The van der Waals surface area contributed by atoms with Gasteiger partial charge in [0.15, 0.2) is 5.78 Å². The zero-order chi connectivity index (χ0) is 17.0. The first-order valence-corrected chi connectivity index (χ1v) is 7.95. The SMILES string of the molecule is CCC(=O)Oc1cccc(C(C)C)c1C(=O)c1ccc(Cl)cc1. The Morgan fingerprint density at radius 3 is 2.30 bits per heavy atom. The summed E-state index contributed by atoms with van der Waals surface area (Å²) in [5, 5.41) is 0.566. The molecule has 0 spiro atoms. The van der Waals surface area contributed by atoms with E-state index in [0.29, 0.717) is 21.9 Å². The molecule has 0 aliphatic heterocycles. The summed E-state index contributed by atoms with van der Waals surface area (Å²) in [5.74, 6) is -0.106. The first-order valence-electron chi connectivity index (χ1n) is 7.57. The topological polar surface area (TPSA) is 43.4 Å². The van der Waals surface area contributed by atoms with Crippen LogP contribution < -0.4 is 4.74 Å². The minimum absolute atomic E-state index is 0.126. The van der Waals surface area contributed by atoms with Crippen molar-refractivity contribution in [3.05, 3.63) is 64.2 Å². The van der Waals surface area contributed by atoms with Crippen molar-refractivity contribution >= 4 is 23.4 Å². The van der Waals surface area contributed by atoms with Gasteiger partial charge in [0.25, 0.3) is 0 Å². The maximum absolute atomic E-state index is 12.9. The van der Waals surface area contributed by atoms with Crippen LogP contribution in [0, 0.1) is 0 Å². The van der Waals surface area contributed by atoms with Gasteiger partial charge in [-0.15, -0.1) is 0 Å². The van der Waals surface area contributed by atoms with Crippen LogP contribution in [0.1, 0.15) is 54.6 Å². The Kier molecular flexibility index (Phi) is 5.56. The number of carbonyl (C=O) groups is 2. The Balaban J connectivity index is 2.54. The summed E-state index contributed by atoms with van der Waals surface area (Å²) in [6, 6.07) is 12.0. The molecule has 4 heteroatoms. The van der Waals surface area contributed by atoms with Crippen LogP contribution in [0.3, 0.4) is 0 Å². The molecule has 120 valence electrons. The molecule has 0 amide bonds. The molecule has 0 aliphatic carbocycles. The van der Waals surface area contributed by atoms with E-state index in [4.69, 9.17) is 16.3 Å². The Bertz CT molecular complexity index is 718. The first kappa shape index (κ1) is 17.2. The van der Waals surface area contributed by atoms with E-state index in [0.717, 1.165) is 5.56 Å². The van der Waals surface area contributed by atoms with Crippen LogP contribution in [-0.4, -0.2) is 11.8 Å². The summed E-state index contributed by atoms with van der Waals surface area (Å²) in [5.41, 5.74) is 1.80. The van der Waals surface area contributed by atoms with E-state index in [1.807, 2.05) is 19.9 Å². The van der Waals surface area contributed by atoms with Gasteiger partial charge in [0.2, 0.25) is 0 Å². The number of carbonyl (C=O) groups excluding carboxylic acids is 2. The lowest BCUT2D eigenvalue weighted by atomic mass is 9.91. The highest BCUT2D eigenvalue weighted by molar-refractivity contribution is 6.30. The van der Waals surface area contributed by atoms with Crippen molar-refractivity contribution in [2.45, 2.75) is 33.1 Å². The summed E-state index contributed by atoms with van der Waals surface area (Å²) in [4.78, 5) is 24.6. The molecule has 3 nitrogen and oxygen atoms in total. The lowest BCUT2D eigenvalue weighted by Gasteiger charge is -2.16. The van der Waals surface area contributed by atoms with Crippen LogP contribution in [0.15, 0.2) is 42.5 Å². The fraction of sp³-hybridized carbons (Fsp3) is 0.263. The number of ether oxygens (including phenoxy) is 1. The van der Waals surface area contributed by atoms with Crippen LogP contribution in [0.2, 0.25) is 5.02 Å². The van der Waals surface area contributed by atoms with Gasteiger partial charge in [0.1, 0.15) is 5.75 Å². The zero-order valence-electron chi connectivity index (χ0n) is 13.4. The molecule has 0 N–H and O–H groups in total. The number of rotatable bonds is 5. The normalized spacial score (nSPS) is 10.7. The van der Waals surface area contributed by atoms with Crippen molar-refractivity contribution in [2.75, 3.05) is 0 Å². The van der Waals surface area contributed by atoms with Crippen LogP contribution in [-0.2, 0) is 4.79 Å². The average molecular weight is 331 g/mol. The van der Waals surface area contributed by atoms with Crippen molar-refractivity contribution in [1.29, 1.82) is 0 Å². The highest BCUT2D eigenvalue weighted by Gasteiger charge is 2.22. The maximum atomic E-state index is 12.9. The molecule has 0 saturated carbocycles. The van der Waals surface area contributed by atoms with Crippen LogP contribution in [0.4, 0.5) is 0 Å². The molecule has 0 unspecified atom stereocenters. The number of esters is 1. The molecular weight excluding hydrogens is 312 g/mol. The minimum atomic E-state index is -0.365. The number of halogens is 1. The standard InChI is InChI=1S/C19H19ClO3/c1-4-17(21)23-16-7-5-6-15(12(2)3)18(16)19(22)13-8-10-14(20)11-9-13/h5-12H,4H2,1-3H3. The zero-order valence-corrected chi connectivity index (χ0v) is 14.2.